The van der Waals surface area contributed by atoms with E-state index in [2.05, 4.69) is 29.2 Å². The van der Waals surface area contributed by atoms with E-state index in [4.69, 9.17) is 11.6 Å². The van der Waals surface area contributed by atoms with Gasteiger partial charge < -0.3 is 10.4 Å². The summed E-state index contributed by atoms with van der Waals surface area (Å²) >= 11 is 6.31. The smallest absolute Gasteiger partial charge is 0.159 e. The highest BCUT2D eigenvalue weighted by molar-refractivity contribution is 6.30. The Labute approximate surface area is 135 Å². The molecule has 0 amide bonds. The summed E-state index contributed by atoms with van der Waals surface area (Å²) in [6, 6.07) is 2.28. The van der Waals surface area contributed by atoms with Gasteiger partial charge >= 0.3 is 0 Å². The molecule has 0 bridgehead atoms. The van der Waals surface area contributed by atoms with Crippen molar-refractivity contribution in [3.05, 3.63) is 23.0 Å². The molecule has 1 aliphatic rings. The third-order valence-corrected chi connectivity index (χ3v) is 4.72. The maximum absolute atomic E-state index is 10.4. The molecule has 2 N–H and O–H groups in total. The second kappa shape index (κ2) is 6.14. The highest BCUT2D eigenvalue weighted by atomic mass is 35.5. The Hall–Kier alpha value is -1.17. The lowest BCUT2D eigenvalue weighted by Crippen LogP contribution is -2.37. The van der Waals surface area contributed by atoms with Gasteiger partial charge in [0.15, 0.2) is 5.65 Å². The summed E-state index contributed by atoms with van der Waals surface area (Å²) in [6.45, 7) is 5.35. The molecule has 1 fully saturated rings. The molecule has 0 unspecified atom stereocenters. The minimum atomic E-state index is -0.549. The van der Waals surface area contributed by atoms with Gasteiger partial charge in [0.2, 0.25) is 0 Å². The van der Waals surface area contributed by atoms with E-state index >= 15 is 0 Å². The van der Waals surface area contributed by atoms with Crippen LogP contribution in [-0.2, 0) is 6.54 Å². The minimum absolute atomic E-state index is 0.252. The number of fused-ring (bicyclic) bond motifs is 1. The van der Waals surface area contributed by atoms with Crippen molar-refractivity contribution >= 4 is 22.6 Å². The van der Waals surface area contributed by atoms with E-state index < -0.39 is 5.60 Å². The van der Waals surface area contributed by atoms with Gasteiger partial charge in [-0.3, -0.25) is 0 Å². The number of rotatable bonds is 5. The van der Waals surface area contributed by atoms with E-state index in [-0.39, 0.29) is 6.04 Å². The summed E-state index contributed by atoms with van der Waals surface area (Å²) in [5.74, 6) is 0. The van der Waals surface area contributed by atoms with Gasteiger partial charge in [-0.25, -0.2) is 9.67 Å². The van der Waals surface area contributed by atoms with Crippen LogP contribution in [-0.4, -0.2) is 32.0 Å². The number of halogens is 1. The average Bonchev–Trinajstić information content (AvgIpc) is 3.05. The van der Waals surface area contributed by atoms with Crippen LogP contribution < -0.4 is 5.32 Å². The fraction of sp³-hybridized carbons (Fsp3) is 0.625. The van der Waals surface area contributed by atoms with Gasteiger partial charge in [0.25, 0.3) is 0 Å². The van der Waals surface area contributed by atoms with E-state index in [1.54, 1.807) is 0 Å². The first-order chi connectivity index (χ1) is 10.5. The van der Waals surface area contributed by atoms with Gasteiger partial charge in [0, 0.05) is 30.1 Å². The lowest BCUT2D eigenvalue weighted by atomic mass is 10.0. The summed E-state index contributed by atoms with van der Waals surface area (Å²) < 4.78 is 1.87. The van der Waals surface area contributed by atoms with Crippen molar-refractivity contribution in [2.24, 2.45) is 0 Å². The number of pyridine rings is 1. The second-order valence-corrected chi connectivity index (χ2v) is 6.93. The Morgan fingerprint density at radius 2 is 2.14 bits per heavy atom. The van der Waals surface area contributed by atoms with Crippen molar-refractivity contribution in [2.45, 2.75) is 57.7 Å². The van der Waals surface area contributed by atoms with Gasteiger partial charge in [-0.1, -0.05) is 24.4 Å². The molecule has 2 heterocycles. The molecule has 5 nitrogen and oxygen atoms in total. The third-order valence-electron chi connectivity index (χ3n) is 4.39. The Balaban J connectivity index is 1.72. The molecule has 22 heavy (non-hydrogen) atoms. The van der Waals surface area contributed by atoms with Gasteiger partial charge in [0.05, 0.1) is 11.8 Å². The maximum Gasteiger partial charge on any atom is 0.159 e. The normalized spacial score (nSPS) is 17.7. The number of aliphatic hydroxyl groups is 1. The van der Waals surface area contributed by atoms with Crippen LogP contribution >= 0.6 is 11.6 Å². The zero-order valence-electron chi connectivity index (χ0n) is 13.1. The fourth-order valence-electron chi connectivity index (χ4n) is 3.14. The Bertz CT molecular complexity index is 661. The summed E-state index contributed by atoms with van der Waals surface area (Å²) in [5, 5.41) is 19.5. The Morgan fingerprint density at radius 1 is 1.41 bits per heavy atom. The van der Waals surface area contributed by atoms with Crippen molar-refractivity contribution in [2.75, 3.05) is 6.54 Å². The van der Waals surface area contributed by atoms with Gasteiger partial charge in [-0.2, -0.15) is 5.10 Å². The molecule has 0 saturated heterocycles. The predicted molar refractivity (Wildman–Crippen MR) is 88.0 cm³/mol. The van der Waals surface area contributed by atoms with Crippen molar-refractivity contribution in [1.82, 2.24) is 20.1 Å². The van der Waals surface area contributed by atoms with Gasteiger partial charge in [-0.15, -0.1) is 0 Å². The first kappa shape index (κ1) is 15.7. The van der Waals surface area contributed by atoms with Gasteiger partial charge in [-0.05, 0) is 32.8 Å². The maximum atomic E-state index is 10.4. The zero-order valence-corrected chi connectivity index (χ0v) is 13.9. The number of nitrogens with one attached hydrogen (secondary N) is 1. The van der Waals surface area contributed by atoms with Crippen LogP contribution in [0.2, 0.25) is 5.15 Å². The SMILES string of the molecule is CC(C)n1ncc2cc(CNCC3(O)CCCC3)c(Cl)nc21. The molecule has 2 aromatic heterocycles. The van der Waals surface area contributed by atoms with Crippen LogP contribution in [0.3, 0.4) is 0 Å². The summed E-state index contributed by atoms with van der Waals surface area (Å²) in [6.07, 6.45) is 5.81. The fourth-order valence-corrected chi connectivity index (χ4v) is 3.34. The van der Waals surface area contributed by atoms with Crippen LogP contribution in [0.1, 0.15) is 51.1 Å². The average molecular weight is 323 g/mol. The summed E-state index contributed by atoms with van der Waals surface area (Å²) in [5.41, 5.74) is 1.21. The molecule has 0 aromatic carbocycles. The number of aromatic nitrogens is 3. The largest absolute Gasteiger partial charge is 0.389 e. The van der Waals surface area contributed by atoms with E-state index in [1.165, 1.54) is 0 Å². The number of hydrogen-bond donors (Lipinski definition) is 2. The van der Waals surface area contributed by atoms with Crippen molar-refractivity contribution < 1.29 is 5.11 Å². The lowest BCUT2D eigenvalue weighted by Gasteiger charge is -2.22. The molecule has 0 radical (unpaired) electrons. The van der Waals surface area contributed by atoms with Crippen LogP contribution in [0.5, 0.6) is 0 Å². The highest BCUT2D eigenvalue weighted by Gasteiger charge is 2.30. The number of nitrogens with zero attached hydrogens (tertiary/aromatic N) is 3. The van der Waals surface area contributed by atoms with Crippen LogP contribution in [0.25, 0.3) is 11.0 Å². The summed E-state index contributed by atoms with van der Waals surface area (Å²) in [7, 11) is 0. The number of hydrogen-bond acceptors (Lipinski definition) is 4. The molecular formula is C16H23ClN4O. The Morgan fingerprint density at radius 3 is 2.82 bits per heavy atom. The van der Waals surface area contributed by atoms with Crippen LogP contribution in [0.15, 0.2) is 12.3 Å². The topological polar surface area (TPSA) is 63.0 Å². The third kappa shape index (κ3) is 3.12. The molecule has 120 valence electrons. The predicted octanol–water partition coefficient (Wildman–Crippen LogP) is 3.06. The van der Waals surface area contributed by atoms with E-state index in [9.17, 15) is 5.11 Å². The zero-order chi connectivity index (χ0) is 15.7. The lowest BCUT2D eigenvalue weighted by molar-refractivity contribution is 0.0475. The molecule has 2 aromatic rings. The molecular weight excluding hydrogens is 300 g/mol. The van der Waals surface area contributed by atoms with Gasteiger partial charge in [0.1, 0.15) is 5.15 Å². The molecule has 1 saturated carbocycles. The molecule has 6 heteroatoms. The molecule has 0 aliphatic heterocycles. The first-order valence-corrected chi connectivity index (χ1v) is 8.32. The van der Waals surface area contributed by atoms with Crippen molar-refractivity contribution in [1.29, 1.82) is 0 Å². The van der Waals surface area contributed by atoms with Crippen LogP contribution in [0, 0.1) is 0 Å². The van der Waals surface area contributed by atoms with E-state index in [1.807, 2.05) is 16.9 Å². The summed E-state index contributed by atoms with van der Waals surface area (Å²) in [4.78, 5) is 4.49. The standard InChI is InChI=1S/C16H23ClN4O/c1-11(2)21-15-13(9-19-21)7-12(14(17)20-15)8-18-10-16(22)5-3-4-6-16/h7,9,11,18,22H,3-6,8,10H2,1-2H3. The molecule has 0 atom stereocenters. The van der Waals surface area contributed by atoms with Crippen molar-refractivity contribution in [3.63, 3.8) is 0 Å². The molecule has 0 spiro atoms. The molecule has 1 aliphatic carbocycles. The second-order valence-electron chi connectivity index (χ2n) is 6.57. The quantitative estimate of drug-likeness (QED) is 0.830. The highest BCUT2D eigenvalue weighted by Crippen LogP contribution is 2.29. The van der Waals surface area contributed by atoms with E-state index in [0.29, 0.717) is 18.2 Å². The minimum Gasteiger partial charge on any atom is -0.389 e. The first-order valence-electron chi connectivity index (χ1n) is 7.94. The monoisotopic (exact) mass is 322 g/mol. The van der Waals surface area contributed by atoms with Crippen molar-refractivity contribution in [3.8, 4) is 0 Å². The van der Waals surface area contributed by atoms with E-state index in [0.717, 1.165) is 42.3 Å². The molecule has 3 rings (SSSR count). The van der Waals surface area contributed by atoms with Crippen LogP contribution in [0.4, 0.5) is 0 Å². The Kier molecular flexibility index (Phi) is 4.39.